The molecule has 1 fully saturated rings. The third kappa shape index (κ3) is 1.97. The summed E-state index contributed by atoms with van der Waals surface area (Å²) in [7, 11) is 1.47. The number of likely N-dealkylation sites (tertiary alicyclic amines) is 1. The molecule has 1 atom stereocenters. The number of hydrogen-bond acceptors (Lipinski definition) is 3. The van der Waals surface area contributed by atoms with Crippen LogP contribution in [0.15, 0.2) is 22.7 Å². The molecule has 1 aliphatic heterocycles. The molecule has 0 radical (unpaired) electrons. The van der Waals surface area contributed by atoms with E-state index in [0.29, 0.717) is 6.04 Å². The number of aryl methyl sites for hydroxylation is 1. The smallest absolute Gasteiger partial charge is 0.311 e. The lowest BCUT2D eigenvalue weighted by Gasteiger charge is -2.41. The molecule has 1 saturated heterocycles. The summed E-state index contributed by atoms with van der Waals surface area (Å²) in [6, 6.07) is 7.03. The third-order valence-corrected chi connectivity index (χ3v) is 4.53. The van der Waals surface area contributed by atoms with E-state index in [1.165, 1.54) is 24.7 Å². The molecular weight excluding hydrogens is 294 g/mol. The number of benzene rings is 1. The van der Waals surface area contributed by atoms with Crippen LogP contribution in [0.5, 0.6) is 0 Å². The normalized spacial score (nSPS) is 23.6. The maximum Gasteiger partial charge on any atom is 0.311 e. The van der Waals surface area contributed by atoms with Gasteiger partial charge >= 0.3 is 5.97 Å². The number of nitrogens with zero attached hydrogens (tertiary/aromatic N) is 1. The number of rotatable bonds is 2. The molecular formula is C14H16BrNO2. The van der Waals surface area contributed by atoms with Crippen LogP contribution >= 0.6 is 15.9 Å². The van der Waals surface area contributed by atoms with Gasteiger partial charge in [-0.3, -0.25) is 9.69 Å². The van der Waals surface area contributed by atoms with E-state index in [1.807, 2.05) is 0 Å². The van der Waals surface area contributed by atoms with E-state index in [9.17, 15) is 4.79 Å². The number of fused-ring (bicyclic) bond motifs is 1. The van der Waals surface area contributed by atoms with Gasteiger partial charge in [0.25, 0.3) is 0 Å². The zero-order chi connectivity index (χ0) is 12.7. The fourth-order valence-electron chi connectivity index (χ4n) is 3.03. The Labute approximate surface area is 115 Å². The average molecular weight is 310 g/mol. The molecule has 0 bridgehead atoms. The Kier molecular flexibility index (Phi) is 3.16. The Morgan fingerprint density at radius 1 is 1.44 bits per heavy atom. The van der Waals surface area contributed by atoms with Crippen molar-refractivity contribution in [3.8, 4) is 0 Å². The lowest BCUT2D eigenvalue weighted by atomic mass is 9.95. The molecule has 18 heavy (non-hydrogen) atoms. The van der Waals surface area contributed by atoms with Crippen molar-refractivity contribution in [1.29, 1.82) is 0 Å². The van der Waals surface area contributed by atoms with Crippen LogP contribution < -0.4 is 0 Å². The molecule has 4 heteroatoms. The molecule has 2 aliphatic rings. The predicted octanol–water partition coefficient (Wildman–Crippen LogP) is 2.54. The van der Waals surface area contributed by atoms with E-state index in [2.05, 4.69) is 39.0 Å². The van der Waals surface area contributed by atoms with Crippen molar-refractivity contribution >= 4 is 21.9 Å². The molecule has 0 aromatic heterocycles. The van der Waals surface area contributed by atoms with E-state index < -0.39 is 0 Å². The van der Waals surface area contributed by atoms with Crippen LogP contribution in [0.4, 0.5) is 0 Å². The summed E-state index contributed by atoms with van der Waals surface area (Å²) >= 11 is 3.52. The van der Waals surface area contributed by atoms with Gasteiger partial charge in [0, 0.05) is 23.6 Å². The second-order valence-electron chi connectivity index (χ2n) is 5.07. The number of carbonyl (C=O) groups excluding carboxylic acids is 1. The number of methoxy groups -OCH3 is 1. The van der Waals surface area contributed by atoms with Crippen molar-refractivity contribution < 1.29 is 9.53 Å². The Morgan fingerprint density at radius 2 is 2.22 bits per heavy atom. The second kappa shape index (κ2) is 4.67. The van der Waals surface area contributed by atoms with Crippen LogP contribution in [0.2, 0.25) is 0 Å². The third-order valence-electron chi connectivity index (χ3n) is 4.04. The summed E-state index contributed by atoms with van der Waals surface area (Å²) in [5.74, 6) is 0.00905. The zero-order valence-corrected chi connectivity index (χ0v) is 11.9. The first kappa shape index (κ1) is 12.2. The Hall–Kier alpha value is -0.870. The first-order valence-corrected chi connectivity index (χ1v) is 7.08. The van der Waals surface area contributed by atoms with Crippen molar-refractivity contribution in [3.05, 3.63) is 33.8 Å². The summed E-state index contributed by atoms with van der Waals surface area (Å²) in [5.41, 5.74) is 2.87. The molecule has 1 aromatic carbocycles. The molecule has 1 heterocycles. The highest BCUT2D eigenvalue weighted by molar-refractivity contribution is 9.10. The SMILES string of the molecule is COC(=O)C1CN(C2CCc3cc(Br)ccc32)C1. The minimum Gasteiger partial charge on any atom is -0.469 e. The summed E-state index contributed by atoms with van der Waals surface area (Å²) in [5, 5.41) is 0. The van der Waals surface area contributed by atoms with Crippen LogP contribution in [0.1, 0.15) is 23.6 Å². The number of ether oxygens (including phenoxy) is 1. The van der Waals surface area contributed by atoms with Crippen molar-refractivity contribution in [2.75, 3.05) is 20.2 Å². The number of esters is 1. The monoisotopic (exact) mass is 309 g/mol. The van der Waals surface area contributed by atoms with E-state index in [-0.39, 0.29) is 11.9 Å². The summed E-state index contributed by atoms with van der Waals surface area (Å²) in [6.45, 7) is 1.68. The highest BCUT2D eigenvalue weighted by Crippen LogP contribution is 2.40. The highest BCUT2D eigenvalue weighted by Gasteiger charge is 2.39. The highest BCUT2D eigenvalue weighted by atomic mass is 79.9. The number of hydrogen-bond donors (Lipinski definition) is 0. The fraction of sp³-hybridized carbons (Fsp3) is 0.500. The second-order valence-corrected chi connectivity index (χ2v) is 5.99. The van der Waals surface area contributed by atoms with Crippen molar-refractivity contribution in [2.45, 2.75) is 18.9 Å². The van der Waals surface area contributed by atoms with Gasteiger partial charge in [0.2, 0.25) is 0 Å². The van der Waals surface area contributed by atoms with Gasteiger partial charge in [-0.05, 0) is 36.1 Å². The van der Waals surface area contributed by atoms with Gasteiger partial charge in [-0.25, -0.2) is 0 Å². The van der Waals surface area contributed by atoms with E-state index in [4.69, 9.17) is 4.74 Å². The maximum absolute atomic E-state index is 11.4. The lowest BCUT2D eigenvalue weighted by Crippen LogP contribution is -2.51. The average Bonchev–Trinajstić information content (AvgIpc) is 2.70. The number of carbonyl (C=O) groups is 1. The number of halogens is 1. The standard InChI is InChI=1S/C14H16BrNO2/c1-18-14(17)10-7-16(8-10)13-5-2-9-6-11(15)3-4-12(9)13/h3-4,6,10,13H,2,5,7-8H2,1H3. The van der Waals surface area contributed by atoms with Gasteiger partial charge in [-0.15, -0.1) is 0 Å². The lowest BCUT2D eigenvalue weighted by molar-refractivity contribution is -0.152. The van der Waals surface area contributed by atoms with Gasteiger partial charge in [0.15, 0.2) is 0 Å². The largest absolute Gasteiger partial charge is 0.469 e. The van der Waals surface area contributed by atoms with Gasteiger partial charge in [0.1, 0.15) is 0 Å². The Bertz CT molecular complexity index is 483. The maximum atomic E-state index is 11.4. The molecule has 3 rings (SSSR count). The molecule has 1 unspecified atom stereocenters. The van der Waals surface area contributed by atoms with Crippen molar-refractivity contribution in [2.24, 2.45) is 5.92 Å². The summed E-state index contributed by atoms with van der Waals surface area (Å²) in [6.07, 6.45) is 2.30. The molecule has 3 nitrogen and oxygen atoms in total. The van der Waals surface area contributed by atoms with Crippen LogP contribution in [-0.4, -0.2) is 31.1 Å². The topological polar surface area (TPSA) is 29.5 Å². The van der Waals surface area contributed by atoms with Crippen LogP contribution in [-0.2, 0) is 16.0 Å². The van der Waals surface area contributed by atoms with Crippen LogP contribution in [0.3, 0.4) is 0 Å². The Balaban J connectivity index is 1.70. The minimum atomic E-state index is -0.0692. The predicted molar refractivity (Wildman–Crippen MR) is 72.3 cm³/mol. The van der Waals surface area contributed by atoms with Crippen LogP contribution in [0.25, 0.3) is 0 Å². The van der Waals surface area contributed by atoms with E-state index >= 15 is 0 Å². The summed E-state index contributed by atoms with van der Waals surface area (Å²) in [4.78, 5) is 13.8. The van der Waals surface area contributed by atoms with Crippen LogP contribution in [0, 0.1) is 5.92 Å². The summed E-state index contributed by atoms with van der Waals surface area (Å²) < 4.78 is 5.93. The van der Waals surface area contributed by atoms with E-state index in [0.717, 1.165) is 24.0 Å². The zero-order valence-electron chi connectivity index (χ0n) is 10.4. The Morgan fingerprint density at radius 3 is 2.94 bits per heavy atom. The van der Waals surface area contributed by atoms with E-state index in [1.54, 1.807) is 0 Å². The van der Waals surface area contributed by atoms with Crippen molar-refractivity contribution in [3.63, 3.8) is 0 Å². The van der Waals surface area contributed by atoms with Gasteiger partial charge in [-0.1, -0.05) is 22.0 Å². The molecule has 1 aliphatic carbocycles. The quantitative estimate of drug-likeness (QED) is 0.786. The molecule has 0 amide bonds. The van der Waals surface area contributed by atoms with Gasteiger partial charge < -0.3 is 4.74 Å². The molecule has 0 saturated carbocycles. The molecule has 0 N–H and O–H groups in total. The van der Waals surface area contributed by atoms with Gasteiger partial charge in [0.05, 0.1) is 13.0 Å². The molecule has 1 aromatic rings. The fourth-order valence-corrected chi connectivity index (χ4v) is 3.43. The van der Waals surface area contributed by atoms with Crippen molar-refractivity contribution in [1.82, 2.24) is 4.90 Å². The first-order chi connectivity index (χ1) is 8.69. The molecule has 96 valence electrons. The van der Waals surface area contributed by atoms with Gasteiger partial charge in [-0.2, -0.15) is 0 Å². The first-order valence-electron chi connectivity index (χ1n) is 6.29. The minimum absolute atomic E-state index is 0.0692. The molecule has 0 spiro atoms.